The summed E-state index contributed by atoms with van der Waals surface area (Å²) in [5, 5.41) is 9.32. The highest BCUT2D eigenvalue weighted by Gasteiger charge is 2.13. The molecule has 1 atom stereocenters. The molecule has 3 heteroatoms. The summed E-state index contributed by atoms with van der Waals surface area (Å²) < 4.78 is 4.43. The number of carbonyl (C=O) groups is 1. The number of esters is 1. The van der Waals surface area contributed by atoms with Crippen LogP contribution in [-0.4, -0.2) is 24.3 Å². The molecular weight excluding hydrogens is 228 g/mol. The number of ether oxygens (including phenoxy) is 1. The summed E-state index contributed by atoms with van der Waals surface area (Å²) in [5.41, 5.74) is 0. The molecule has 0 rings (SSSR count). The zero-order valence-corrected chi connectivity index (χ0v) is 11.6. The molecule has 0 radical (unpaired) electrons. The molecule has 1 N–H and O–H groups in total. The summed E-state index contributed by atoms with van der Waals surface area (Å²) in [4.78, 5) is 10.9. The van der Waals surface area contributed by atoms with Gasteiger partial charge in [-0.3, -0.25) is 0 Å². The minimum absolute atomic E-state index is 0.420. The number of unbranched alkanes of at least 4 members (excludes halogenated alkanes) is 3. The molecule has 3 nitrogen and oxygen atoms in total. The third-order valence-corrected chi connectivity index (χ3v) is 2.66. The fourth-order valence-corrected chi connectivity index (χ4v) is 1.53. The van der Waals surface area contributed by atoms with E-state index in [1.807, 2.05) is 6.08 Å². The zero-order valence-electron chi connectivity index (χ0n) is 11.6. The summed E-state index contributed by atoms with van der Waals surface area (Å²) >= 11 is 0. The first kappa shape index (κ1) is 16.9. The Morgan fingerprint density at radius 2 is 1.83 bits per heavy atom. The SMILES string of the molecule is CCCCC/C=C\C/C=C\CC[C@@H](O)C(=O)OC. The topological polar surface area (TPSA) is 46.5 Å². The number of hydrogen-bond donors (Lipinski definition) is 1. The Morgan fingerprint density at radius 3 is 2.44 bits per heavy atom. The van der Waals surface area contributed by atoms with Gasteiger partial charge in [0.05, 0.1) is 7.11 Å². The van der Waals surface area contributed by atoms with Gasteiger partial charge in [-0.2, -0.15) is 0 Å². The van der Waals surface area contributed by atoms with E-state index in [1.54, 1.807) is 0 Å². The molecule has 0 aromatic heterocycles. The summed E-state index contributed by atoms with van der Waals surface area (Å²) in [6.07, 6.45) is 14.4. The molecule has 0 amide bonds. The second-order valence-corrected chi connectivity index (χ2v) is 4.29. The van der Waals surface area contributed by atoms with Crippen molar-refractivity contribution >= 4 is 5.97 Å². The number of rotatable bonds is 10. The van der Waals surface area contributed by atoms with Gasteiger partial charge in [-0.1, -0.05) is 44.1 Å². The van der Waals surface area contributed by atoms with E-state index in [0.29, 0.717) is 12.8 Å². The highest BCUT2D eigenvalue weighted by molar-refractivity contribution is 5.74. The highest BCUT2D eigenvalue weighted by atomic mass is 16.5. The van der Waals surface area contributed by atoms with Crippen LogP contribution in [-0.2, 0) is 9.53 Å². The van der Waals surface area contributed by atoms with Crippen LogP contribution in [0.5, 0.6) is 0 Å². The Hall–Kier alpha value is -1.09. The molecule has 0 aliphatic heterocycles. The Balaban J connectivity index is 3.46. The van der Waals surface area contributed by atoms with Gasteiger partial charge in [0.25, 0.3) is 0 Å². The van der Waals surface area contributed by atoms with E-state index in [9.17, 15) is 9.90 Å². The number of methoxy groups -OCH3 is 1. The fourth-order valence-electron chi connectivity index (χ4n) is 1.53. The fraction of sp³-hybridized carbons (Fsp3) is 0.667. The van der Waals surface area contributed by atoms with Crippen LogP contribution in [0.3, 0.4) is 0 Å². The summed E-state index contributed by atoms with van der Waals surface area (Å²) in [5.74, 6) is -0.556. The van der Waals surface area contributed by atoms with Gasteiger partial charge in [-0.05, 0) is 32.1 Å². The van der Waals surface area contributed by atoms with E-state index in [2.05, 4.69) is 29.9 Å². The number of aliphatic hydroxyl groups excluding tert-OH is 1. The van der Waals surface area contributed by atoms with Gasteiger partial charge in [-0.15, -0.1) is 0 Å². The first-order chi connectivity index (χ1) is 8.72. The van der Waals surface area contributed by atoms with Crippen molar-refractivity contribution in [3.8, 4) is 0 Å². The predicted octanol–water partition coefficient (Wildman–Crippen LogP) is 3.38. The average molecular weight is 254 g/mol. The quantitative estimate of drug-likeness (QED) is 0.369. The third kappa shape index (κ3) is 10.1. The molecule has 0 heterocycles. The van der Waals surface area contributed by atoms with Crippen LogP contribution in [0, 0.1) is 0 Å². The van der Waals surface area contributed by atoms with Crippen molar-refractivity contribution in [2.24, 2.45) is 0 Å². The smallest absolute Gasteiger partial charge is 0.334 e. The van der Waals surface area contributed by atoms with E-state index in [1.165, 1.54) is 26.4 Å². The maximum Gasteiger partial charge on any atom is 0.334 e. The molecule has 0 aliphatic carbocycles. The molecular formula is C15H26O3. The van der Waals surface area contributed by atoms with E-state index < -0.39 is 12.1 Å². The number of aliphatic hydroxyl groups is 1. The molecule has 18 heavy (non-hydrogen) atoms. The van der Waals surface area contributed by atoms with Crippen molar-refractivity contribution in [1.82, 2.24) is 0 Å². The number of hydrogen-bond acceptors (Lipinski definition) is 3. The average Bonchev–Trinajstić information content (AvgIpc) is 2.39. The number of carbonyl (C=O) groups excluding carboxylic acids is 1. The monoisotopic (exact) mass is 254 g/mol. The largest absolute Gasteiger partial charge is 0.467 e. The second-order valence-electron chi connectivity index (χ2n) is 4.29. The first-order valence-corrected chi connectivity index (χ1v) is 6.78. The molecule has 0 unspecified atom stereocenters. The van der Waals surface area contributed by atoms with E-state index in [0.717, 1.165) is 12.8 Å². The molecule has 0 spiro atoms. The third-order valence-electron chi connectivity index (χ3n) is 2.66. The van der Waals surface area contributed by atoms with E-state index >= 15 is 0 Å². The van der Waals surface area contributed by atoms with Gasteiger partial charge in [0.1, 0.15) is 0 Å². The highest BCUT2D eigenvalue weighted by Crippen LogP contribution is 2.02. The van der Waals surface area contributed by atoms with Crippen LogP contribution in [0.15, 0.2) is 24.3 Å². The summed E-state index contributed by atoms with van der Waals surface area (Å²) in [6, 6.07) is 0. The van der Waals surface area contributed by atoms with Gasteiger partial charge < -0.3 is 9.84 Å². The molecule has 0 aliphatic rings. The van der Waals surface area contributed by atoms with Crippen molar-refractivity contribution in [3.05, 3.63) is 24.3 Å². The van der Waals surface area contributed by atoms with Gasteiger partial charge >= 0.3 is 5.97 Å². The number of allylic oxidation sites excluding steroid dienone is 4. The van der Waals surface area contributed by atoms with E-state index in [4.69, 9.17) is 0 Å². The van der Waals surface area contributed by atoms with Crippen LogP contribution in [0.1, 0.15) is 51.9 Å². The molecule has 0 bridgehead atoms. The lowest BCUT2D eigenvalue weighted by atomic mass is 10.1. The minimum atomic E-state index is -0.996. The molecule has 0 aromatic rings. The Bertz CT molecular complexity index is 256. The van der Waals surface area contributed by atoms with Crippen molar-refractivity contribution < 1.29 is 14.6 Å². The summed E-state index contributed by atoms with van der Waals surface area (Å²) in [6.45, 7) is 2.20. The predicted molar refractivity (Wildman–Crippen MR) is 74.3 cm³/mol. The molecule has 0 saturated carbocycles. The van der Waals surface area contributed by atoms with Gasteiger partial charge in [-0.25, -0.2) is 4.79 Å². The van der Waals surface area contributed by atoms with E-state index in [-0.39, 0.29) is 0 Å². The Labute approximate surface area is 111 Å². The Morgan fingerprint density at radius 1 is 1.17 bits per heavy atom. The van der Waals surface area contributed by atoms with Gasteiger partial charge in [0, 0.05) is 0 Å². The van der Waals surface area contributed by atoms with Crippen LogP contribution in [0.2, 0.25) is 0 Å². The van der Waals surface area contributed by atoms with Crippen LogP contribution in [0.25, 0.3) is 0 Å². The standard InChI is InChI=1S/C15H26O3/c1-3-4-5-6-7-8-9-10-11-12-13-14(16)15(17)18-2/h7-8,10-11,14,16H,3-6,9,12-13H2,1-2H3/b8-7-,11-10-/t14-/m1/s1. The lowest BCUT2D eigenvalue weighted by Gasteiger charge is -2.05. The lowest BCUT2D eigenvalue weighted by Crippen LogP contribution is -2.21. The van der Waals surface area contributed by atoms with Gasteiger partial charge in [0.2, 0.25) is 0 Å². The van der Waals surface area contributed by atoms with Crippen LogP contribution >= 0.6 is 0 Å². The maximum atomic E-state index is 10.9. The van der Waals surface area contributed by atoms with Gasteiger partial charge in [0.15, 0.2) is 6.10 Å². The first-order valence-electron chi connectivity index (χ1n) is 6.78. The zero-order chi connectivity index (χ0) is 13.6. The Kier molecular flexibility index (Phi) is 11.6. The maximum absolute atomic E-state index is 10.9. The molecule has 104 valence electrons. The summed E-state index contributed by atoms with van der Waals surface area (Å²) in [7, 11) is 1.28. The van der Waals surface area contributed by atoms with Crippen LogP contribution in [0.4, 0.5) is 0 Å². The second kappa shape index (κ2) is 12.4. The minimum Gasteiger partial charge on any atom is -0.467 e. The molecule has 0 aromatic carbocycles. The molecule has 0 fully saturated rings. The van der Waals surface area contributed by atoms with Crippen LogP contribution < -0.4 is 0 Å². The van der Waals surface area contributed by atoms with Crippen molar-refractivity contribution in [2.75, 3.05) is 7.11 Å². The lowest BCUT2D eigenvalue weighted by molar-refractivity contribution is -0.150. The normalized spacial score (nSPS) is 13.3. The van der Waals surface area contributed by atoms with Crippen molar-refractivity contribution in [2.45, 2.75) is 58.0 Å². The van der Waals surface area contributed by atoms with Crippen molar-refractivity contribution in [1.29, 1.82) is 0 Å². The molecule has 0 saturated heterocycles. The van der Waals surface area contributed by atoms with Crippen molar-refractivity contribution in [3.63, 3.8) is 0 Å².